The van der Waals surface area contributed by atoms with Gasteiger partial charge in [0.15, 0.2) is 0 Å². The molecule has 1 spiro atoms. The highest BCUT2D eigenvalue weighted by molar-refractivity contribution is 9.10. The van der Waals surface area contributed by atoms with Crippen LogP contribution in [0.3, 0.4) is 0 Å². The molecule has 2 heterocycles. The van der Waals surface area contributed by atoms with Gasteiger partial charge in [-0.05, 0) is 31.5 Å². The summed E-state index contributed by atoms with van der Waals surface area (Å²) in [5.74, 6) is 0. The maximum Gasteiger partial charge on any atom is 0.293 e. The van der Waals surface area contributed by atoms with E-state index in [4.69, 9.17) is 0 Å². The fourth-order valence-corrected chi connectivity index (χ4v) is 3.54. The Morgan fingerprint density at radius 3 is 2.95 bits per heavy atom. The fraction of sp³-hybridized carbons (Fsp3) is 0.538. The molecular formula is C13H16BrN3O2. The zero-order valence-electron chi connectivity index (χ0n) is 10.6. The first-order chi connectivity index (χ1) is 9.10. The number of anilines is 1. The number of benzene rings is 1. The van der Waals surface area contributed by atoms with Crippen molar-refractivity contribution in [3.05, 3.63) is 32.8 Å². The topological polar surface area (TPSA) is 58.4 Å². The van der Waals surface area contributed by atoms with E-state index in [0.29, 0.717) is 5.41 Å². The van der Waals surface area contributed by atoms with Gasteiger partial charge in [0, 0.05) is 35.6 Å². The molecule has 102 valence electrons. The van der Waals surface area contributed by atoms with E-state index in [9.17, 15) is 10.1 Å². The molecule has 19 heavy (non-hydrogen) atoms. The monoisotopic (exact) mass is 325 g/mol. The Kier molecular flexibility index (Phi) is 3.22. The number of rotatable bonds is 2. The van der Waals surface area contributed by atoms with E-state index in [0.717, 1.165) is 42.8 Å². The first kappa shape index (κ1) is 12.9. The number of nitrogens with zero attached hydrogens (tertiary/aromatic N) is 2. The molecule has 2 fully saturated rings. The third-order valence-electron chi connectivity index (χ3n) is 4.25. The molecule has 1 aromatic carbocycles. The van der Waals surface area contributed by atoms with Crippen LogP contribution in [0.4, 0.5) is 11.4 Å². The van der Waals surface area contributed by atoms with Gasteiger partial charge in [0.05, 0.1) is 4.92 Å². The third-order valence-corrected chi connectivity index (χ3v) is 4.74. The second-order valence-corrected chi connectivity index (χ2v) is 6.40. The van der Waals surface area contributed by atoms with Crippen molar-refractivity contribution < 1.29 is 4.92 Å². The van der Waals surface area contributed by atoms with Crippen molar-refractivity contribution in [3.63, 3.8) is 0 Å². The zero-order valence-corrected chi connectivity index (χ0v) is 12.1. The summed E-state index contributed by atoms with van der Waals surface area (Å²) in [7, 11) is 0. The molecule has 6 heteroatoms. The molecule has 0 amide bonds. The van der Waals surface area contributed by atoms with Crippen LogP contribution < -0.4 is 10.2 Å². The van der Waals surface area contributed by atoms with E-state index < -0.39 is 0 Å². The van der Waals surface area contributed by atoms with Gasteiger partial charge in [-0.25, -0.2) is 0 Å². The molecule has 1 atom stereocenters. The van der Waals surface area contributed by atoms with Crippen LogP contribution in [0.1, 0.15) is 12.8 Å². The van der Waals surface area contributed by atoms with Crippen LogP contribution in [0.5, 0.6) is 0 Å². The molecular weight excluding hydrogens is 310 g/mol. The Bertz CT molecular complexity index is 515. The number of nitro benzene ring substituents is 1. The number of hydrogen-bond donors (Lipinski definition) is 1. The number of nitro groups is 1. The fourth-order valence-electron chi connectivity index (χ4n) is 3.19. The number of hydrogen-bond acceptors (Lipinski definition) is 4. The Labute approximate surface area is 120 Å². The minimum atomic E-state index is -0.294. The van der Waals surface area contributed by atoms with Crippen molar-refractivity contribution in [1.29, 1.82) is 0 Å². The van der Waals surface area contributed by atoms with Crippen LogP contribution >= 0.6 is 15.9 Å². The van der Waals surface area contributed by atoms with E-state index in [1.165, 1.54) is 6.42 Å². The van der Waals surface area contributed by atoms with Gasteiger partial charge in [0.2, 0.25) is 0 Å². The number of halogens is 1. The molecule has 1 aromatic rings. The lowest BCUT2D eigenvalue weighted by atomic mass is 9.86. The van der Waals surface area contributed by atoms with Crippen LogP contribution in [-0.4, -0.2) is 31.1 Å². The first-order valence-corrected chi connectivity index (χ1v) is 7.29. The highest BCUT2D eigenvalue weighted by Crippen LogP contribution is 2.41. The Morgan fingerprint density at radius 2 is 2.26 bits per heavy atom. The highest BCUT2D eigenvalue weighted by atomic mass is 79.9. The van der Waals surface area contributed by atoms with Gasteiger partial charge in [-0.2, -0.15) is 0 Å². The Morgan fingerprint density at radius 1 is 1.42 bits per heavy atom. The predicted molar refractivity (Wildman–Crippen MR) is 77.5 cm³/mol. The van der Waals surface area contributed by atoms with Gasteiger partial charge < -0.3 is 10.2 Å². The molecule has 1 N–H and O–H groups in total. The summed E-state index contributed by atoms with van der Waals surface area (Å²) in [5.41, 5.74) is 1.26. The van der Waals surface area contributed by atoms with Crippen LogP contribution in [0.2, 0.25) is 0 Å². The summed E-state index contributed by atoms with van der Waals surface area (Å²) in [6, 6.07) is 5.32. The minimum absolute atomic E-state index is 0.192. The largest absolute Gasteiger partial charge is 0.365 e. The summed E-state index contributed by atoms with van der Waals surface area (Å²) in [6.07, 6.45) is 2.29. The summed E-state index contributed by atoms with van der Waals surface area (Å²) in [6.45, 7) is 3.93. The van der Waals surface area contributed by atoms with E-state index in [2.05, 4.69) is 26.1 Å². The molecule has 0 saturated carbocycles. The second-order valence-electron chi connectivity index (χ2n) is 5.49. The summed E-state index contributed by atoms with van der Waals surface area (Å²) < 4.78 is 0.749. The predicted octanol–water partition coefficient (Wildman–Crippen LogP) is 2.55. The lowest BCUT2D eigenvalue weighted by Gasteiger charge is -2.23. The van der Waals surface area contributed by atoms with Crippen molar-refractivity contribution in [2.45, 2.75) is 12.8 Å². The van der Waals surface area contributed by atoms with Crippen LogP contribution in [0, 0.1) is 15.5 Å². The van der Waals surface area contributed by atoms with Crippen molar-refractivity contribution in [2.24, 2.45) is 5.41 Å². The lowest BCUT2D eigenvalue weighted by Crippen LogP contribution is -2.29. The normalized spacial score (nSPS) is 26.3. The average Bonchev–Trinajstić information content (AvgIpc) is 3.00. The van der Waals surface area contributed by atoms with Gasteiger partial charge in [0.1, 0.15) is 5.69 Å². The molecule has 2 aliphatic heterocycles. The summed E-state index contributed by atoms with van der Waals surface area (Å²) in [5, 5.41) is 14.6. The highest BCUT2D eigenvalue weighted by Gasteiger charge is 2.41. The van der Waals surface area contributed by atoms with Gasteiger partial charge >= 0.3 is 0 Å². The van der Waals surface area contributed by atoms with Gasteiger partial charge in [-0.15, -0.1) is 0 Å². The smallest absolute Gasteiger partial charge is 0.293 e. The minimum Gasteiger partial charge on any atom is -0.365 e. The average molecular weight is 326 g/mol. The van der Waals surface area contributed by atoms with Crippen LogP contribution in [0.25, 0.3) is 0 Å². The summed E-state index contributed by atoms with van der Waals surface area (Å²) in [4.78, 5) is 13.1. The summed E-state index contributed by atoms with van der Waals surface area (Å²) >= 11 is 3.30. The molecule has 2 saturated heterocycles. The quantitative estimate of drug-likeness (QED) is 0.670. The van der Waals surface area contributed by atoms with E-state index in [1.807, 2.05) is 12.1 Å². The standard InChI is InChI=1S/C13H16BrN3O2/c14-10-1-2-11(12(7-10)17(18)19)16-6-4-13(9-16)3-5-15-8-13/h1-2,7,15H,3-6,8-9H2. The van der Waals surface area contributed by atoms with Crippen molar-refractivity contribution in [3.8, 4) is 0 Å². The SMILES string of the molecule is O=[N+]([O-])c1cc(Br)ccc1N1CCC2(CCNC2)C1. The molecule has 1 unspecified atom stereocenters. The third kappa shape index (κ3) is 2.34. The van der Waals surface area contributed by atoms with Crippen molar-refractivity contribution in [1.82, 2.24) is 5.32 Å². The molecule has 3 rings (SSSR count). The first-order valence-electron chi connectivity index (χ1n) is 6.49. The van der Waals surface area contributed by atoms with Gasteiger partial charge in [-0.1, -0.05) is 15.9 Å². The van der Waals surface area contributed by atoms with Crippen molar-refractivity contribution >= 4 is 27.3 Å². The molecule has 0 radical (unpaired) electrons. The lowest BCUT2D eigenvalue weighted by molar-refractivity contribution is -0.384. The maximum atomic E-state index is 11.2. The molecule has 0 bridgehead atoms. The molecule has 2 aliphatic rings. The van der Waals surface area contributed by atoms with Crippen LogP contribution in [-0.2, 0) is 0 Å². The van der Waals surface area contributed by atoms with Gasteiger partial charge in [-0.3, -0.25) is 10.1 Å². The Balaban J connectivity index is 1.89. The zero-order chi connectivity index (χ0) is 13.5. The van der Waals surface area contributed by atoms with E-state index in [-0.39, 0.29) is 10.6 Å². The molecule has 0 aromatic heterocycles. The van der Waals surface area contributed by atoms with E-state index in [1.54, 1.807) is 6.07 Å². The van der Waals surface area contributed by atoms with Crippen molar-refractivity contribution in [2.75, 3.05) is 31.1 Å². The Hall–Kier alpha value is -1.14. The maximum absolute atomic E-state index is 11.2. The number of nitrogens with one attached hydrogen (secondary N) is 1. The second kappa shape index (κ2) is 4.76. The van der Waals surface area contributed by atoms with Crippen LogP contribution in [0.15, 0.2) is 22.7 Å². The molecule has 0 aliphatic carbocycles. The molecule has 5 nitrogen and oxygen atoms in total. The van der Waals surface area contributed by atoms with Gasteiger partial charge in [0.25, 0.3) is 5.69 Å². The van der Waals surface area contributed by atoms with E-state index >= 15 is 0 Å².